The average molecular weight is 216 g/mol. The van der Waals surface area contributed by atoms with Gasteiger partial charge in [0.25, 0.3) is 0 Å². The smallest absolute Gasteiger partial charge is 0.342 e. The van der Waals surface area contributed by atoms with E-state index in [-0.39, 0.29) is 5.97 Å². The molecule has 1 fully saturated rings. The highest BCUT2D eigenvalue weighted by molar-refractivity contribution is 6.04. The van der Waals surface area contributed by atoms with Crippen LogP contribution in [0.25, 0.3) is 11.0 Å². The van der Waals surface area contributed by atoms with Crippen molar-refractivity contribution in [3.63, 3.8) is 0 Å². The van der Waals surface area contributed by atoms with Crippen LogP contribution in [0.5, 0.6) is 0 Å². The number of carbonyl (C=O) groups excluding carboxylic acids is 1. The summed E-state index contributed by atoms with van der Waals surface area (Å²) < 4.78 is 10.6. The second-order valence-electron chi connectivity index (χ2n) is 4.10. The molecule has 1 aliphatic rings. The summed E-state index contributed by atoms with van der Waals surface area (Å²) in [4.78, 5) is 11.8. The SMILES string of the molecule is COC(=O)c1c(C2CC2)oc2ccccc12. The molecule has 0 aliphatic heterocycles. The van der Waals surface area contributed by atoms with E-state index in [9.17, 15) is 4.79 Å². The van der Waals surface area contributed by atoms with Crippen LogP contribution in [-0.4, -0.2) is 13.1 Å². The monoisotopic (exact) mass is 216 g/mol. The van der Waals surface area contributed by atoms with Crippen molar-refractivity contribution in [1.82, 2.24) is 0 Å². The molecule has 1 aromatic heterocycles. The number of ether oxygens (including phenoxy) is 1. The molecule has 0 atom stereocenters. The summed E-state index contributed by atoms with van der Waals surface area (Å²) >= 11 is 0. The number of benzene rings is 1. The van der Waals surface area contributed by atoms with E-state index in [1.165, 1.54) is 7.11 Å². The van der Waals surface area contributed by atoms with Crippen molar-refractivity contribution in [2.24, 2.45) is 0 Å². The maximum atomic E-state index is 11.8. The summed E-state index contributed by atoms with van der Waals surface area (Å²) in [6, 6.07) is 7.59. The topological polar surface area (TPSA) is 39.4 Å². The maximum absolute atomic E-state index is 11.8. The average Bonchev–Trinajstić information content (AvgIpc) is 3.09. The number of carbonyl (C=O) groups is 1. The van der Waals surface area contributed by atoms with Gasteiger partial charge in [0.1, 0.15) is 16.9 Å². The Morgan fingerprint density at radius 2 is 2.12 bits per heavy atom. The highest BCUT2D eigenvalue weighted by Crippen LogP contribution is 2.44. The Hall–Kier alpha value is -1.77. The predicted octanol–water partition coefficient (Wildman–Crippen LogP) is 3.10. The molecule has 0 spiro atoms. The van der Waals surface area contributed by atoms with Gasteiger partial charge in [-0.3, -0.25) is 0 Å². The molecular weight excluding hydrogens is 204 g/mol. The molecule has 3 heteroatoms. The second kappa shape index (κ2) is 3.37. The standard InChI is InChI=1S/C13H12O3/c1-15-13(14)11-9-4-2-3-5-10(9)16-12(11)8-6-7-8/h2-5,8H,6-7H2,1H3. The summed E-state index contributed by atoms with van der Waals surface area (Å²) in [6.45, 7) is 0. The molecule has 1 aliphatic carbocycles. The molecule has 1 heterocycles. The first-order valence-corrected chi connectivity index (χ1v) is 5.41. The van der Waals surface area contributed by atoms with Crippen molar-refractivity contribution in [3.8, 4) is 0 Å². The Morgan fingerprint density at radius 3 is 2.81 bits per heavy atom. The highest BCUT2D eigenvalue weighted by Gasteiger charge is 2.33. The molecule has 0 unspecified atom stereocenters. The minimum atomic E-state index is -0.299. The lowest BCUT2D eigenvalue weighted by Crippen LogP contribution is -2.02. The number of methoxy groups -OCH3 is 1. The van der Waals surface area contributed by atoms with E-state index >= 15 is 0 Å². The molecule has 82 valence electrons. The van der Waals surface area contributed by atoms with E-state index in [0.717, 1.165) is 29.6 Å². The van der Waals surface area contributed by atoms with Crippen molar-refractivity contribution < 1.29 is 13.9 Å². The van der Waals surface area contributed by atoms with Gasteiger partial charge < -0.3 is 9.15 Å². The lowest BCUT2D eigenvalue weighted by atomic mass is 10.1. The third-order valence-corrected chi connectivity index (χ3v) is 2.96. The van der Waals surface area contributed by atoms with E-state index < -0.39 is 0 Å². The van der Waals surface area contributed by atoms with E-state index in [4.69, 9.17) is 9.15 Å². The normalized spacial score (nSPS) is 15.3. The fourth-order valence-electron chi connectivity index (χ4n) is 2.01. The molecule has 0 N–H and O–H groups in total. The molecule has 1 saturated carbocycles. The van der Waals surface area contributed by atoms with Gasteiger partial charge in [0.05, 0.1) is 7.11 Å². The van der Waals surface area contributed by atoms with Gasteiger partial charge in [0, 0.05) is 11.3 Å². The van der Waals surface area contributed by atoms with Crippen LogP contribution < -0.4 is 0 Å². The van der Waals surface area contributed by atoms with Gasteiger partial charge in [-0.25, -0.2) is 4.79 Å². The quantitative estimate of drug-likeness (QED) is 0.724. The zero-order chi connectivity index (χ0) is 11.1. The summed E-state index contributed by atoms with van der Waals surface area (Å²) in [6.07, 6.45) is 2.20. The fourth-order valence-corrected chi connectivity index (χ4v) is 2.01. The first-order chi connectivity index (χ1) is 7.81. The molecule has 0 bridgehead atoms. The summed E-state index contributed by atoms with van der Waals surface area (Å²) in [5, 5.41) is 0.858. The Kier molecular flexibility index (Phi) is 1.99. The van der Waals surface area contributed by atoms with Crippen LogP contribution in [0, 0.1) is 0 Å². The largest absolute Gasteiger partial charge is 0.465 e. The van der Waals surface area contributed by atoms with Gasteiger partial charge in [-0.1, -0.05) is 18.2 Å². The van der Waals surface area contributed by atoms with Gasteiger partial charge >= 0.3 is 5.97 Å². The third kappa shape index (κ3) is 1.32. The number of rotatable bonds is 2. The molecule has 1 aromatic carbocycles. The van der Waals surface area contributed by atoms with Crippen LogP contribution in [0.2, 0.25) is 0 Å². The Bertz CT molecular complexity index is 549. The van der Waals surface area contributed by atoms with E-state index in [1.807, 2.05) is 24.3 Å². The minimum absolute atomic E-state index is 0.299. The van der Waals surface area contributed by atoms with Crippen LogP contribution in [-0.2, 0) is 4.74 Å². The fraction of sp³-hybridized carbons (Fsp3) is 0.308. The Labute approximate surface area is 93.0 Å². The van der Waals surface area contributed by atoms with Gasteiger partial charge in [-0.2, -0.15) is 0 Å². The zero-order valence-corrected chi connectivity index (χ0v) is 9.03. The Balaban J connectivity index is 2.27. The number of para-hydroxylation sites is 1. The van der Waals surface area contributed by atoms with Gasteiger partial charge in [-0.05, 0) is 18.9 Å². The molecule has 2 aromatic rings. The first-order valence-electron chi connectivity index (χ1n) is 5.41. The van der Waals surface area contributed by atoms with Crippen LogP contribution >= 0.6 is 0 Å². The van der Waals surface area contributed by atoms with Crippen molar-refractivity contribution in [2.45, 2.75) is 18.8 Å². The maximum Gasteiger partial charge on any atom is 0.342 e. The zero-order valence-electron chi connectivity index (χ0n) is 9.03. The third-order valence-electron chi connectivity index (χ3n) is 2.96. The summed E-state index contributed by atoms with van der Waals surface area (Å²) in [5.74, 6) is 0.904. The van der Waals surface area contributed by atoms with E-state index in [1.54, 1.807) is 0 Å². The lowest BCUT2D eigenvalue weighted by molar-refractivity contribution is 0.0600. The molecule has 16 heavy (non-hydrogen) atoms. The van der Waals surface area contributed by atoms with Gasteiger partial charge in [0.2, 0.25) is 0 Å². The highest BCUT2D eigenvalue weighted by atomic mass is 16.5. The van der Waals surface area contributed by atoms with Crippen LogP contribution in [0.1, 0.15) is 34.9 Å². The van der Waals surface area contributed by atoms with Crippen LogP contribution in [0.4, 0.5) is 0 Å². The number of hydrogen-bond donors (Lipinski definition) is 0. The van der Waals surface area contributed by atoms with Crippen molar-refractivity contribution in [1.29, 1.82) is 0 Å². The van der Waals surface area contributed by atoms with Crippen molar-refractivity contribution in [2.75, 3.05) is 7.11 Å². The Morgan fingerprint density at radius 1 is 1.38 bits per heavy atom. The first kappa shape index (κ1) is 9.46. The van der Waals surface area contributed by atoms with E-state index in [2.05, 4.69) is 0 Å². The van der Waals surface area contributed by atoms with Gasteiger partial charge in [0.15, 0.2) is 0 Å². The van der Waals surface area contributed by atoms with Crippen molar-refractivity contribution in [3.05, 3.63) is 35.6 Å². The molecule has 0 radical (unpaired) electrons. The number of fused-ring (bicyclic) bond motifs is 1. The minimum Gasteiger partial charge on any atom is -0.465 e. The predicted molar refractivity (Wildman–Crippen MR) is 59.5 cm³/mol. The number of furan rings is 1. The lowest BCUT2D eigenvalue weighted by Gasteiger charge is -1.98. The summed E-state index contributed by atoms with van der Waals surface area (Å²) in [5.41, 5.74) is 1.38. The number of esters is 1. The molecule has 0 amide bonds. The molecular formula is C13H12O3. The van der Waals surface area contributed by atoms with Crippen LogP contribution in [0.15, 0.2) is 28.7 Å². The second-order valence-corrected chi connectivity index (χ2v) is 4.10. The van der Waals surface area contributed by atoms with Gasteiger partial charge in [-0.15, -0.1) is 0 Å². The molecule has 0 saturated heterocycles. The summed E-state index contributed by atoms with van der Waals surface area (Å²) in [7, 11) is 1.40. The molecule has 3 rings (SSSR count). The van der Waals surface area contributed by atoms with E-state index in [0.29, 0.717) is 11.5 Å². The molecule has 3 nitrogen and oxygen atoms in total. The van der Waals surface area contributed by atoms with Crippen molar-refractivity contribution >= 4 is 16.9 Å². The number of hydrogen-bond acceptors (Lipinski definition) is 3. The van der Waals surface area contributed by atoms with Crippen LogP contribution in [0.3, 0.4) is 0 Å².